The lowest BCUT2D eigenvalue weighted by Gasteiger charge is -2.39. The number of H-pyrrole nitrogens is 1. The Kier molecular flexibility index (Phi) is 4.85. The van der Waals surface area contributed by atoms with E-state index in [4.69, 9.17) is 21.7 Å². The van der Waals surface area contributed by atoms with E-state index in [-0.39, 0.29) is 5.91 Å². The lowest BCUT2D eigenvalue weighted by atomic mass is 9.91. The third-order valence-electron chi connectivity index (χ3n) is 4.23. The first-order valence-electron chi connectivity index (χ1n) is 7.79. The standard InChI is InChI=1S/C18H20N2O3S/c1-22-14-7-12(8-15(9-14)23-2)6-13-10-20(11-13)18(21)16-4-3-5-19-17(16)24/h3-5,7-9,13H,6,10-11H2,1-2H3,(H,19,24). The van der Waals surface area contributed by atoms with Crippen LogP contribution in [-0.4, -0.2) is 43.1 Å². The summed E-state index contributed by atoms with van der Waals surface area (Å²) in [5.74, 6) is 2.00. The summed E-state index contributed by atoms with van der Waals surface area (Å²) in [5.41, 5.74) is 1.72. The van der Waals surface area contributed by atoms with Gasteiger partial charge in [0.25, 0.3) is 5.91 Å². The molecule has 0 bridgehead atoms. The van der Waals surface area contributed by atoms with Gasteiger partial charge in [-0.15, -0.1) is 0 Å². The molecular weight excluding hydrogens is 324 g/mol. The zero-order valence-corrected chi connectivity index (χ0v) is 14.6. The number of likely N-dealkylation sites (tertiary alicyclic amines) is 1. The first-order valence-corrected chi connectivity index (χ1v) is 8.20. The fraction of sp³-hybridized carbons (Fsp3) is 0.333. The van der Waals surface area contributed by atoms with Gasteiger partial charge in [-0.3, -0.25) is 4.79 Å². The van der Waals surface area contributed by atoms with Crippen LogP contribution in [0.1, 0.15) is 15.9 Å². The van der Waals surface area contributed by atoms with Crippen molar-refractivity contribution in [2.75, 3.05) is 27.3 Å². The normalized spacial score (nSPS) is 14.2. The third kappa shape index (κ3) is 3.43. The minimum absolute atomic E-state index is 0.00340. The Morgan fingerprint density at radius 1 is 1.25 bits per heavy atom. The molecule has 1 saturated heterocycles. The van der Waals surface area contributed by atoms with Crippen LogP contribution in [-0.2, 0) is 6.42 Å². The van der Waals surface area contributed by atoms with Gasteiger partial charge in [-0.25, -0.2) is 0 Å². The van der Waals surface area contributed by atoms with Gasteiger partial charge in [-0.1, -0.05) is 12.2 Å². The van der Waals surface area contributed by atoms with Crippen molar-refractivity contribution in [3.05, 3.63) is 52.3 Å². The molecule has 0 unspecified atom stereocenters. The Bertz CT molecular complexity index is 775. The van der Waals surface area contributed by atoms with Crippen LogP contribution in [0, 0.1) is 10.6 Å². The number of hydrogen-bond donors (Lipinski definition) is 1. The van der Waals surface area contributed by atoms with E-state index < -0.39 is 0 Å². The molecule has 2 heterocycles. The maximum absolute atomic E-state index is 12.4. The molecule has 5 nitrogen and oxygen atoms in total. The number of pyridine rings is 1. The maximum atomic E-state index is 12.4. The Balaban J connectivity index is 1.62. The van der Waals surface area contributed by atoms with Crippen molar-refractivity contribution in [2.24, 2.45) is 5.92 Å². The highest BCUT2D eigenvalue weighted by Gasteiger charge is 2.31. The number of aromatic nitrogens is 1. The number of carbonyl (C=O) groups excluding carboxylic acids is 1. The summed E-state index contributed by atoms with van der Waals surface area (Å²) in [6, 6.07) is 9.45. The molecule has 1 amide bonds. The zero-order valence-electron chi connectivity index (χ0n) is 13.7. The van der Waals surface area contributed by atoms with Gasteiger partial charge in [0.1, 0.15) is 16.1 Å². The van der Waals surface area contributed by atoms with Crippen LogP contribution in [0.25, 0.3) is 0 Å². The number of nitrogens with one attached hydrogen (secondary N) is 1. The van der Waals surface area contributed by atoms with Crippen LogP contribution in [0.3, 0.4) is 0 Å². The molecule has 1 aliphatic rings. The Hall–Kier alpha value is -2.34. The molecule has 2 aromatic rings. The third-order valence-corrected chi connectivity index (χ3v) is 4.57. The van der Waals surface area contributed by atoms with Crippen molar-refractivity contribution in [3.63, 3.8) is 0 Å². The van der Waals surface area contributed by atoms with E-state index in [0.717, 1.165) is 36.6 Å². The fourth-order valence-electron chi connectivity index (χ4n) is 2.94. The van der Waals surface area contributed by atoms with Gasteiger partial charge in [0.2, 0.25) is 0 Å². The quantitative estimate of drug-likeness (QED) is 0.847. The summed E-state index contributed by atoms with van der Waals surface area (Å²) < 4.78 is 11.1. The second-order valence-corrected chi connectivity index (χ2v) is 6.32. The molecule has 3 rings (SSSR count). The number of nitrogens with zero attached hydrogens (tertiary/aromatic N) is 1. The van der Waals surface area contributed by atoms with Crippen LogP contribution in [0.4, 0.5) is 0 Å². The number of hydrogen-bond acceptors (Lipinski definition) is 4. The molecule has 1 N–H and O–H groups in total. The van der Waals surface area contributed by atoms with Gasteiger partial charge in [0.15, 0.2) is 0 Å². The minimum Gasteiger partial charge on any atom is -0.497 e. The molecule has 1 aromatic carbocycles. The molecule has 24 heavy (non-hydrogen) atoms. The monoisotopic (exact) mass is 344 g/mol. The predicted octanol–water partition coefficient (Wildman–Crippen LogP) is 3.08. The van der Waals surface area contributed by atoms with Gasteiger partial charge in [-0.2, -0.15) is 0 Å². The molecule has 1 aromatic heterocycles. The second-order valence-electron chi connectivity index (χ2n) is 5.91. The van der Waals surface area contributed by atoms with Crippen LogP contribution >= 0.6 is 12.2 Å². The fourth-order valence-corrected chi connectivity index (χ4v) is 3.17. The largest absolute Gasteiger partial charge is 0.497 e. The Labute approximate surface area is 146 Å². The van der Waals surface area contributed by atoms with Crippen LogP contribution in [0.5, 0.6) is 11.5 Å². The molecular formula is C18H20N2O3S. The van der Waals surface area contributed by atoms with Crippen LogP contribution in [0.15, 0.2) is 36.5 Å². The molecule has 1 fully saturated rings. The van der Waals surface area contributed by atoms with E-state index in [9.17, 15) is 4.79 Å². The topological polar surface area (TPSA) is 54.6 Å². The zero-order chi connectivity index (χ0) is 17.1. The summed E-state index contributed by atoms with van der Waals surface area (Å²) in [5, 5.41) is 0. The van der Waals surface area contributed by atoms with E-state index in [1.54, 1.807) is 32.5 Å². The van der Waals surface area contributed by atoms with Crippen molar-refractivity contribution < 1.29 is 14.3 Å². The van der Waals surface area contributed by atoms with E-state index >= 15 is 0 Å². The molecule has 0 spiro atoms. The smallest absolute Gasteiger partial charge is 0.256 e. The van der Waals surface area contributed by atoms with Crippen LogP contribution in [0.2, 0.25) is 0 Å². The highest BCUT2D eigenvalue weighted by atomic mass is 32.1. The van der Waals surface area contributed by atoms with E-state index in [1.807, 2.05) is 23.1 Å². The van der Waals surface area contributed by atoms with Crippen molar-refractivity contribution in [2.45, 2.75) is 6.42 Å². The molecule has 1 aliphatic heterocycles. The van der Waals surface area contributed by atoms with Gasteiger partial charge < -0.3 is 19.4 Å². The predicted molar refractivity (Wildman–Crippen MR) is 94.3 cm³/mol. The van der Waals surface area contributed by atoms with E-state index in [2.05, 4.69) is 4.98 Å². The van der Waals surface area contributed by atoms with Crippen molar-refractivity contribution in [1.29, 1.82) is 0 Å². The van der Waals surface area contributed by atoms with Gasteiger partial charge in [0, 0.05) is 25.4 Å². The number of rotatable bonds is 5. The number of methoxy groups -OCH3 is 2. The molecule has 6 heteroatoms. The van der Waals surface area contributed by atoms with Gasteiger partial charge >= 0.3 is 0 Å². The summed E-state index contributed by atoms with van der Waals surface area (Å²) in [6.45, 7) is 1.48. The molecule has 0 atom stereocenters. The first-order chi connectivity index (χ1) is 11.6. The SMILES string of the molecule is COc1cc(CC2CN(C(=O)c3ccc[nH]c3=S)C2)cc(OC)c1. The average Bonchev–Trinajstić information content (AvgIpc) is 2.57. The maximum Gasteiger partial charge on any atom is 0.256 e. The lowest BCUT2D eigenvalue weighted by Crippen LogP contribution is -2.50. The number of ether oxygens (including phenoxy) is 2. The Morgan fingerprint density at radius 2 is 1.92 bits per heavy atom. The van der Waals surface area contributed by atoms with Crippen molar-refractivity contribution >= 4 is 18.1 Å². The Morgan fingerprint density at radius 3 is 2.50 bits per heavy atom. The minimum atomic E-state index is -0.00340. The van der Waals surface area contributed by atoms with Crippen molar-refractivity contribution in [1.82, 2.24) is 9.88 Å². The number of aromatic amines is 1. The summed E-state index contributed by atoms with van der Waals surface area (Å²) in [7, 11) is 3.29. The molecule has 126 valence electrons. The van der Waals surface area contributed by atoms with E-state index in [1.165, 1.54) is 0 Å². The number of amides is 1. The summed E-state index contributed by atoms with van der Waals surface area (Å²) in [6.07, 6.45) is 2.62. The van der Waals surface area contributed by atoms with Crippen LogP contribution < -0.4 is 9.47 Å². The van der Waals surface area contributed by atoms with Crippen molar-refractivity contribution in [3.8, 4) is 11.5 Å². The highest BCUT2D eigenvalue weighted by molar-refractivity contribution is 7.71. The number of benzene rings is 1. The number of carbonyl (C=O) groups is 1. The van der Waals surface area contributed by atoms with Gasteiger partial charge in [0.05, 0.1) is 19.8 Å². The summed E-state index contributed by atoms with van der Waals surface area (Å²) >= 11 is 5.18. The van der Waals surface area contributed by atoms with Gasteiger partial charge in [-0.05, 0) is 42.2 Å². The molecule has 0 aliphatic carbocycles. The average molecular weight is 344 g/mol. The highest BCUT2D eigenvalue weighted by Crippen LogP contribution is 2.27. The van der Waals surface area contributed by atoms with E-state index in [0.29, 0.717) is 16.1 Å². The summed E-state index contributed by atoms with van der Waals surface area (Å²) in [4.78, 5) is 17.2. The molecule has 0 saturated carbocycles. The second kappa shape index (κ2) is 7.05. The molecule has 0 radical (unpaired) electrons. The first kappa shape index (κ1) is 16.5. The lowest BCUT2D eigenvalue weighted by molar-refractivity contribution is 0.0500.